The van der Waals surface area contributed by atoms with Crippen molar-refractivity contribution in [2.75, 3.05) is 26.2 Å². The Bertz CT molecular complexity index is 1500. The summed E-state index contributed by atoms with van der Waals surface area (Å²) in [5.41, 5.74) is 2.93. The molecule has 42 heavy (non-hydrogen) atoms. The highest BCUT2D eigenvalue weighted by atomic mass is 79.9. The van der Waals surface area contributed by atoms with E-state index in [9.17, 15) is 14.7 Å². The Balaban J connectivity index is 1.26. The standard InChI is InChI=1S/C34H33BrN2O5/c35-26-16-17-31(41-21-20-37-18-6-7-19-37)29(23-26)33(38)36-30(34(39)40)22-24-12-14-25(15-13-24)28-10-4-5-11-32(28)42-27-8-2-1-3-9-27/h1-5,8-17,23,30H,6-7,18-22H2,(H,36,38)(H,39,40). The first-order valence-electron chi connectivity index (χ1n) is 14.1. The van der Waals surface area contributed by atoms with Gasteiger partial charge in [-0.25, -0.2) is 4.79 Å². The van der Waals surface area contributed by atoms with Crippen molar-refractivity contribution in [3.05, 3.63) is 113 Å². The van der Waals surface area contributed by atoms with E-state index in [4.69, 9.17) is 9.47 Å². The normalized spacial score (nSPS) is 13.8. The van der Waals surface area contributed by atoms with Gasteiger partial charge in [0.15, 0.2) is 0 Å². The van der Waals surface area contributed by atoms with Gasteiger partial charge in [-0.05, 0) is 73.5 Å². The van der Waals surface area contributed by atoms with Crippen LogP contribution in [0, 0.1) is 0 Å². The maximum Gasteiger partial charge on any atom is 0.326 e. The predicted octanol–water partition coefficient (Wildman–Crippen LogP) is 6.81. The minimum absolute atomic E-state index is 0.128. The fourth-order valence-corrected chi connectivity index (χ4v) is 5.36. The third kappa shape index (κ3) is 7.78. The second-order valence-corrected chi connectivity index (χ2v) is 11.1. The largest absolute Gasteiger partial charge is 0.491 e. The van der Waals surface area contributed by atoms with Crippen LogP contribution in [0.3, 0.4) is 0 Å². The van der Waals surface area contributed by atoms with E-state index < -0.39 is 17.9 Å². The lowest BCUT2D eigenvalue weighted by molar-refractivity contribution is -0.139. The number of halogens is 1. The Morgan fingerprint density at radius 2 is 1.60 bits per heavy atom. The molecule has 0 saturated carbocycles. The molecule has 4 aromatic rings. The molecule has 0 bridgehead atoms. The fourth-order valence-electron chi connectivity index (χ4n) is 5.00. The molecule has 0 radical (unpaired) electrons. The van der Waals surface area contributed by atoms with Crippen LogP contribution in [0.4, 0.5) is 0 Å². The zero-order valence-electron chi connectivity index (χ0n) is 23.2. The first-order valence-corrected chi connectivity index (χ1v) is 14.9. The van der Waals surface area contributed by atoms with Crippen molar-refractivity contribution in [3.8, 4) is 28.4 Å². The number of benzene rings is 4. The molecular weight excluding hydrogens is 596 g/mol. The van der Waals surface area contributed by atoms with E-state index >= 15 is 0 Å². The van der Waals surface area contributed by atoms with E-state index in [-0.39, 0.29) is 6.42 Å². The van der Waals surface area contributed by atoms with Crippen molar-refractivity contribution in [1.82, 2.24) is 10.2 Å². The monoisotopic (exact) mass is 628 g/mol. The van der Waals surface area contributed by atoms with Crippen molar-refractivity contribution < 1.29 is 24.2 Å². The van der Waals surface area contributed by atoms with Gasteiger partial charge in [0.1, 0.15) is 29.9 Å². The summed E-state index contributed by atoms with van der Waals surface area (Å²) in [5.74, 6) is 0.288. The predicted molar refractivity (Wildman–Crippen MR) is 166 cm³/mol. The number of hydrogen-bond acceptors (Lipinski definition) is 5. The third-order valence-corrected chi connectivity index (χ3v) is 7.71. The Morgan fingerprint density at radius 1 is 0.881 bits per heavy atom. The van der Waals surface area contributed by atoms with E-state index in [1.807, 2.05) is 78.9 Å². The number of aliphatic carboxylic acids is 1. The molecule has 216 valence electrons. The summed E-state index contributed by atoms with van der Waals surface area (Å²) in [4.78, 5) is 27.8. The molecule has 0 aromatic heterocycles. The molecule has 1 aliphatic rings. The van der Waals surface area contributed by atoms with Gasteiger partial charge in [0.05, 0.1) is 5.56 Å². The van der Waals surface area contributed by atoms with Crippen LogP contribution in [0.2, 0.25) is 0 Å². The van der Waals surface area contributed by atoms with E-state index in [1.54, 1.807) is 18.2 Å². The minimum Gasteiger partial charge on any atom is -0.491 e. The fraction of sp³-hybridized carbons (Fsp3) is 0.235. The van der Waals surface area contributed by atoms with Gasteiger partial charge in [0.25, 0.3) is 5.91 Å². The highest BCUT2D eigenvalue weighted by molar-refractivity contribution is 9.10. The van der Waals surface area contributed by atoms with Gasteiger partial charge in [0.2, 0.25) is 0 Å². The molecule has 1 heterocycles. The summed E-state index contributed by atoms with van der Waals surface area (Å²) in [5, 5.41) is 12.6. The number of rotatable bonds is 12. The quantitative estimate of drug-likeness (QED) is 0.179. The molecule has 4 aromatic carbocycles. The summed E-state index contributed by atoms with van der Waals surface area (Å²) in [7, 11) is 0. The second-order valence-electron chi connectivity index (χ2n) is 10.2. The Hall–Kier alpha value is -4.14. The van der Waals surface area contributed by atoms with Crippen LogP contribution >= 0.6 is 15.9 Å². The molecule has 0 aliphatic carbocycles. The second kappa shape index (κ2) is 14.2. The molecule has 2 N–H and O–H groups in total. The maximum atomic E-state index is 13.3. The molecule has 8 heteroatoms. The van der Waals surface area contributed by atoms with Crippen molar-refractivity contribution in [2.24, 2.45) is 0 Å². The number of ether oxygens (including phenoxy) is 2. The SMILES string of the molecule is O=C(NC(Cc1ccc(-c2ccccc2Oc2ccccc2)cc1)C(=O)O)c1cc(Br)ccc1OCCN1CCCC1. The smallest absolute Gasteiger partial charge is 0.326 e. The number of carbonyl (C=O) groups excluding carboxylic acids is 1. The minimum atomic E-state index is -1.12. The van der Waals surface area contributed by atoms with Gasteiger partial charge in [-0.2, -0.15) is 0 Å². The van der Waals surface area contributed by atoms with Gasteiger partial charge in [0, 0.05) is 23.0 Å². The van der Waals surface area contributed by atoms with Gasteiger partial charge in [-0.3, -0.25) is 9.69 Å². The summed E-state index contributed by atoms with van der Waals surface area (Å²) in [6.07, 6.45) is 2.52. The average molecular weight is 630 g/mol. The Labute approximate surface area is 254 Å². The number of carboxylic acid groups (broad SMARTS) is 1. The molecule has 7 nitrogen and oxygen atoms in total. The van der Waals surface area contributed by atoms with Crippen LogP contribution in [0.5, 0.6) is 17.2 Å². The van der Waals surface area contributed by atoms with Crippen LogP contribution in [0.25, 0.3) is 11.1 Å². The number of hydrogen-bond donors (Lipinski definition) is 2. The molecule has 1 fully saturated rings. The molecule has 1 unspecified atom stereocenters. The Morgan fingerprint density at radius 3 is 2.33 bits per heavy atom. The number of nitrogens with zero attached hydrogens (tertiary/aromatic N) is 1. The topological polar surface area (TPSA) is 88.1 Å². The van der Waals surface area contributed by atoms with Gasteiger partial charge < -0.3 is 19.9 Å². The van der Waals surface area contributed by atoms with Crippen LogP contribution < -0.4 is 14.8 Å². The molecule has 1 atom stereocenters. The van der Waals surface area contributed by atoms with Crippen molar-refractivity contribution >= 4 is 27.8 Å². The zero-order valence-corrected chi connectivity index (χ0v) is 24.8. The number of carbonyl (C=O) groups is 2. The van der Waals surface area contributed by atoms with Crippen LogP contribution in [-0.4, -0.2) is 54.2 Å². The lowest BCUT2D eigenvalue weighted by atomic mass is 9.99. The van der Waals surface area contributed by atoms with Gasteiger partial charge in [-0.15, -0.1) is 0 Å². The average Bonchev–Trinajstić information content (AvgIpc) is 3.52. The summed E-state index contributed by atoms with van der Waals surface area (Å²) < 4.78 is 12.8. The molecule has 1 amide bonds. The van der Waals surface area contributed by atoms with E-state index in [0.717, 1.165) is 47.8 Å². The summed E-state index contributed by atoms with van der Waals surface area (Å²) >= 11 is 3.42. The van der Waals surface area contributed by atoms with Crippen molar-refractivity contribution in [2.45, 2.75) is 25.3 Å². The molecule has 1 saturated heterocycles. The molecule has 1 aliphatic heterocycles. The van der Waals surface area contributed by atoms with E-state index in [1.165, 1.54) is 12.8 Å². The number of para-hydroxylation sites is 2. The molecule has 0 spiro atoms. The zero-order chi connectivity index (χ0) is 29.3. The first kappa shape index (κ1) is 29.4. The van der Waals surface area contributed by atoms with E-state index in [2.05, 4.69) is 26.1 Å². The van der Waals surface area contributed by atoms with Crippen molar-refractivity contribution in [1.29, 1.82) is 0 Å². The highest BCUT2D eigenvalue weighted by Crippen LogP contribution is 2.33. The lowest BCUT2D eigenvalue weighted by Crippen LogP contribution is -2.42. The lowest BCUT2D eigenvalue weighted by Gasteiger charge is -2.18. The molecule has 5 rings (SSSR count). The maximum absolute atomic E-state index is 13.3. The van der Waals surface area contributed by atoms with Crippen molar-refractivity contribution in [3.63, 3.8) is 0 Å². The number of nitrogens with one attached hydrogen (secondary N) is 1. The van der Waals surface area contributed by atoms with Gasteiger partial charge >= 0.3 is 5.97 Å². The summed E-state index contributed by atoms with van der Waals surface area (Å²) in [6, 6.07) is 29.1. The Kier molecular flexibility index (Phi) is 9.90. The number of likely N-dealkylation sites (tertiary alicyclic amines) is 1. The van der Waals surface area contributed by atoms with Gasteiger partial charge in [-0.1, -0.05) is 76.6 Å². The molecular formula is C34H33BrN2O5. The first-order chi connectivity index (χ1) is 20.5. The van der Waals surface area contributed by atoms with E-state index in [0.29, 0.717) is 22.4 Å². The van der Waals surface area contributed by atoms with Crippen LogP contribution in [0.1, 0.15) is 28.8 Å². The van der Waals surface area contributed by atoms with Crippen LogP contribution in [-0.2, 0) is 11.2 Å². The highest BCUT2D eigenvalue weighted by Gasteiger charge is 2.24. The number of amides is 1. The van der Waals surface area contributed by atoms with Crippen LogP contribution in [0.15, 0.2) is 102 Å². The summed E-state index contributed by atoms with van der Waals surface area (Å²) in [6.45, 7) is 3.36. The number of carboxylic acids is 1. The third-order valence-electron chi connectivity index (χ3n) is 7.22.